The first-order valence-electron chi connectivity index (χ1n) is 7.08. The molecule has 0 aliphatic heterocycles. The van der Waals surface area contributed by atoms with Gasteiger partial charge in [-0.15, -0.1) is 0 Å². The Balaban J connectivity index is 1.77. The van der Waals surface area contributed by atoms with E-state index in [1.807, 2.05) is 6.20 Å². The lowest BCUT2D eigenvalue weighted by Gasteiger charge is -2.22. The van der Waals surface area contributed by atoms with Crippen LogP contribution in [0.1, 0.15) is 49.4 Å². The minimum Gasteiger partial charge on any atom is -0.330 e. The van der Waals surface area contributed by atoms with E-state index < -0.39 is 0 Å². The predicted molar refractivity (Wildman–Crippen MR) is 81.3 cm³/mol. The van der Waals surface area contributed by atoms with Crippen LogP contribution in [-0.2, 0) is 6.54 Å². The molecule has 0 N–H and O–H groups in total. The second-order valence-electron chi connectivity index (χ2n) is 5.37. The van der Waals surface area contributed by atoms with Crippen molar-refractivity contribution in [3.05, 3.63) is 52.5 Å². The molecule has 0 spiro atoms. The SMILES string of the molecule is Brc1ccc(Cn2ccnc2C2CCCCC2)cc1. The Morgan fingerprint density at radius 3 is 2.58 bits per heavy atom. The normalized spacial score (nSPS) is 16.7. The summed E-state index contributed by atoms with van der Waals surface area (Å²) < 4.78 is 3.45. The van der Waals surface area contributed by atoms with E-state index in [9.17, 15) is 0 Å². The van der Waals surface area contributed by atoms with E-state index >= 15 is 0 Å². The van der Waals surface area contributed by atoms with E-state index in [1.165, 1.54) is 43.5 Å². The molecule has 1 heterocycles. The fourth-order valence-electron chi connectivity index (χ4n) is 2.96. The van der Waals surface area contributed by atoms with Crippen molar-refractivity contribution in [1.29, 1.82) is 0 Å². The summed E-state index contributed by atoms with van der Waals surface area (Å²) in [7, 11) is 0. The lowest BCUT2D eigenvalue weighted by Crippen LogP contribution is -2.12. The molecule has 2 nitrogen and oxygen atoms in total. The van der Waals surface area contributed by atoms with Crippen LogP contribution in [0.2, 0.25) is 0 Å². The maximum absolute atomic E-state index is 4.61. The Labute approximate surface area is 123 Å². The zero-order valence-electron chi connectivity index (χ0n) is 11.1. The molecular weight excluding hydrogens is 300 g/mol. The lowest BCUT2D eigenvalue weighted by molar-refractivity contribution is 0.418. The molecule has 0 unspecified atom stereocenters. The topological polar surface area (TPSA) is 17.8 Å². The van der Waals surface area contributed by atoms with Crippen molar-refractivity contribution < 1.29 is 0 Å². The van der Waals surface area contributed by atoms with Crippen LogP contribution < -0.4 is 0 Å². The third-order valence-corrected chi connectivity index (χ3v) is 4.51. The summed E-state index contributed by atoms with van der Waals surface area (Å²) in [5, 5.41) is 0. The van der Waals surface area contributed by atoms with Crippen molar-refractivity contribution in [3.63, 3.8) is 0 Å². The largest absolute Gasteiger partial charge is 0.330 e. The average molecular weight is 319 g/mol. The molecule has 0 atom stereocenters. The summed E-state index contributed by atoms with van der Waals surface area (Å²) >= 11 is 3.48. The molecule has 100 valence electrons. The van der Waals surface area contributed by atoms with Crippen molar-refractivity contribution in [3.8, 4) is 0 Å². The minimum absolute atomic E-state index is 0.666. The van der Waals surface area contributed by atoms with E-state index in [0.29, 0.717) is 5.92 Å². The number of nitrogens with zero attached hydrogens (tertiary/aromatic N) is 2. The highest BCUT2D eigenvalue weighted by Gasteiger charge is 2.19. The molecule has 1 aromatic heterocycles. The molecule has 1 aliphatic rings. The van der Waals surface area contributed by atoms with Gasteiger partial charge < -0.3 is 4.57 Å². The Morgan fingerprint density at radius 2 is 1.84 bits per heavy atom. The van der Waals surface area contributed by atoms with Crippen molar-refractivity contribution in [1.82, 2.24) is 9.55 Å². The van der Waals surface area contributed by atoms with Gasteiger partial charge in [0, 0.05) is 29.3 Å². The van der Waals surface area contributed by atoms with Gasteiger partial charge in [0.25, 0.3) is 0 Å². The second kappa shape index (κ2) is 5.91. The molecule has 0 amide bonds. The second-order valence-corrected chi connectivity index (χ2v) is 6.29. The van der Waals surface area contributed by atoms with E-state index in [2.05, 4.69) is 55.9 Å². The van der Waals surface area contributed by atoms with Crippen LogP contribution >= 0.6 is 15.9 Å². The van der Waals surface area contributed by atoms with Crippen LogP contribution in [0.3, 0.4) is 0 Å². The van der Waals surface area contributed by atoms with Gasteiger partial charge in [-0.05, 0) is 30.5 Å². The average Bonchev–Trinajstić information content (AvgIpc) is 2.90. The Kier molecular flexibility index (Phi) is 4.02. The molecule has 3 heteroatoms. The number of rotatable bonds is 3. The van der Waals surface area contributed by atoms with Crippen molar-refractivity contribution in [2.45, 2.75) is 44.6 Å². The molecule has 1 aromatic carbocycles. The zero-order chi connectivity index (χ0) is 13.1. The van der Waals surface area contributed by atoms with Crippen molar-refractivity contribution in [2.75, 3.05) is 0 Å². The number of hydrogen-bond acceptors (Lipinski definition) is 1. The van der Waals surface area contributed by atoms with Gasteiger partial charge >= 0.3 is 0 Å². The molecule has 0 saturated heterocycles. The van der Waals surface area contributed by atoms with E-state index in [-0.39, 0.29) is 0 Å². The van der Waals surface area contributed by atoms with Crippen LogP contribution in [-0.4, -0.2) is 9.55 Å². The molecule has 1 aliphatic carbocycles. The molecule has 0 bridgehead atoms. The highest BCUT2D eigenvalue weighted by atomic mass is 79.9. The van der Waals surface area contributed by atoms with Gasteiger partial charge in [0.1, 0.15) is 5.82 Å². The monoisotopic (exact) mass is 318 g/mol. The highest BCUT2D eigenvalue weighted by Crippen LogP contribution is 2.31. The molecular formula is C16H19BrN2. The van der Waals surface area contributed by atoms with Crippen molar-refractivity contribution >= 4 is 15.9 Å². The van der Waals surface area contributed by atoms with Gasteiger partial charge in [0.15, 0.2) is 0 Å². The predicted octanol–water partition coefficient (Wildman–Crippen LogP) is 4.74. The standard InChI is InChI=1S/C16H19BrN2/c17-15-8-6-13(7-9-15)12-19-11-10-18-16(19)14-4-2-1-3-5-14/h6-11,14H,1-5,12H2. The van der Waals surface area contributed by atoms with Gasteiger partial charge in [0.05, 0.1) is 0 Å². The number of hydrogen-bond donors (Lipinski definition) is 0. The summed E-state index contributed by atoms with van der Waals surface area (Å²) in [6.45, 7) is 0.930. The zero-order valence-corrected chi connectivity index (χ0v) is 12.6. The third kappa shape index (κ3) is 3.08. The first kappa shape index (κ1) is 12.9. The Morgan fingerprint density at radius 1 is 1.11 bits per heavy atom. The van der Waals surface area contributed by atoms with Gasteiger partial charge in [0.2, 0.25) is 0 Å². The third-order valence-electron chi connectivity index (χ3n) is 3.98. The first-order valence-corrected chi connectivity index (χ1v) is 7.88. The number of aromatic nitrogens is 2. The fraction of sp³-hybridized carbons (Fsp3) is 0.438. The Hall–Kier alpha value is -1.09. The van der Waals surface area contributed by atoms with Crippen LogP contribution in [0.25, 0.3) is 0 Å². The molecule has 1 fully saturated rings. The van der Waals surface area contributed by atoms with E-state index in [1.54, 1.807) is 0 Å². The summed E-state index contributed by atoms with van der Waals surface area (Å²) in [4.78, 5) is 4.61. The number of halogens is 1. The maximum atomic E-state index is 4.61. The number of imidazole rings is 1. The van der Waals surface area contributed by atoms with Gasteiger partial charge in [-0.1, -0.05) is 47.3 Å². The van der Waals surface area contributed by atoms with E-state index in [4.69, 9.17) is 0 Å². The van der Waals surface area contributed by atoms with E-state index in [0.717, 1.165) is 11.0 Å². The summed E-state index contributed by atoms with van der Waals surface area (Å²) in [5.41, 5.74) is 1.33. The summed E-state index contributed by atoms with van der Waals surface area (Å²) in [6, 6.07) is 8.56. The molecule has 2 aromatic rings. The quantitative estimate of drug-likeness (QED) is 0.799. The van der Waals surface area contributed by atoms with Crippen molar-refractivity contribution in [2.24, 2.45) is 0 Å². The van der Waals surface area contributed by atoms with Crippen LogP contribution in [0.15, 0.2) is 41.1 Å². The molecule has 1 saturated carbocycles. The Bertz CT molecular complexity index is 524. The van der Waals surface area contributed by atoms with Crippen LogP contribution in [0.5, 0.6) is 0 Å². The van der Waals surface area contributed by atoms with Gasteiger partial charge in [-0.25, -0.2) is 4.98 Å². The smallest absolute Gasteiger partial charge is 0.112 e. The van der Waals surface area contributed by atoms with Crippen LogP contribution in [0.4, 0.5) is 0 Å². The van der Waals surface area contributed by atoms with Gasteiger partial charge in [-0.3, -0.25) is 0 Å². The van der Waals surface area contributed by atoms with Crippen LogP contribution in [0, 0.1) is 0 Å². The summed E-state index contributed by atoms with van der Waals surface area (Å²) in [6.07, 6.45) is 10.8. The molecule has 3 rings (SSSR count). The number of benzene rings is 1. The minimum atomic E-state index is 0.666. The maximum Gasteiger partial charge on any atom is 0.112 e. The van der Waals surface area contributed by atoms with Gasteiger partial charge in [-0.2, -0.15) is 0 Å². The molecule has 0 radical (unpaired) electrons. The first-order chi connectivity index (χ1) is 9.33. The lowest BCUT2D eigenvalue weighted by atomic mass is 9.88. The molecule has 19 heavy (non-hydrogen) atoms. The fourth-order valence-corrected chi connectivity index (χ4v) is 3.23. The summed E-state index contributed by atoms with van der Waals surface area (Å²) in [5.74, 6) is 1.95. The highest BCUT2D eigenvalue weighted by molar-refractivity contribution is 9.10.